The molecule has 2 rings (SSSR count). The number of ether oxygens (including phenoxy) is 2. The molecule has 7 nitrogen and oxygen atoms in total. The van der Waals surface area contributed by atoms with Gasteiger partial charge in [-0.3, -0.25) is 4.79 Å². The fourth-order valence-corrected chi connectivity index (χ4v) is 3.18. The van der Waals surface area contributed by atoms with Crippen molar-refractivity contribution in [2.24, 2.45) is 0 Å². The van der Waals surface area contributed by atoms with Crippen LogP contribution < -0.4 is 15.4 Å². The minimum atomic E-state index is -0.786. The van der Waals surface area contributed by atoms with Crippen LogP contribution in [-0.4, -0.2) is 28.6 Å². The Kier molecular flexibility index (Phi) is 8.28. The Balaban J connectivity index is 2.10. The highest BCUT2D eigenvalue weighted by atomic mass is 35.5. The Labute approximate surface area is 188 Å². The van der Waals surface area contributed by atoms with Gasteiger partial charge in [0.2, 0.25) is 5.91 Å². The number of carbonyl (C=O) groups excluding carboxylic acids is 2. The van der Waals surface area contributed by atoms with Crippen molar-refractivity contribution in [1.29, 1.82) is 0 Å². The average molecular weight is 448 g/mol. The van der Waals surface area contributed by atoms with Crippen molar-refractivity contribution in [1.82, 2.24) is 15.6 Å². The first-order valence-electron chi connectivity index (χ1n) is 10.1. The van der Waals surface area contributed by atoms with Gasteiger partial charge in [0, 0.05) is 17.3 Å². The third-order valence-corrected chi connectivity index (χ3v) is 4.53. The molecule has 2 amide bonds. The number of carbonyl (C=O) groups is 2. The highest BCUT2D eigenvalue weighted by molar-refractivity contribution is 6.29. The summed E-state index contributed by atoms with van der Waals surface area (Å²) in [6.07, 6.45) is -0.654. The van der Waals surface area contributed by atoms with E-state index in [9.17, 15) is 9.59 Å². The van der Waals surface area contributed by atoms with Crippen LogP contribution >= 0.6 is 11.6 Å². The Morgan fingerprint density at radius 3 is 2.39 bits per heavy atom. The molecule has 0 saturated carbocycles. The van der Waals surface area contributed by atoms with Crippen LogP contribution in [0.1, 0.15) is 57.5 Å². The molecule has 0 aliphatic heterocycles. The van der Waals surface area contributed by atoms with Crippen molar-refractivity contribution in [2.45, 2.75) is 65.8 Å². The highest BCUT2D eigenvalue weighted by Crippen LogP contribution is 2.31. The van der Waals surface area contributed by atoms with Crippen LogP contribution in [0.25, 0.3) is 0 Å². The van der Waals surface area contributed by atoms with Crippen molar-refractivity contribution >= 4 is 23.6 Å². The van der Waals surface area contributed by atoms with Crippen LogP contribution in [0.5, 0.6) is 5.75 Å². The van der Waals surface area contributed by atoms with E-state index >= 15 is 0 Å². The maximum atomic E-state index is 12.6. The topological polar surface area (TPSA) is 89.5 Å². The summed E-state index contributed by atoms with van der Waals surface area (Å²) in [5, 5.41) is 5.74. The fourth-order valence-electron chi connectivity index (χ4n) is 2.96. The molecule has 1 unspecified atom stereocenters. The van der Waals surface area contributed by atoms with E-state index in [1.54, 1.807) is 33.8 Å². The first kappa shape index (κ1) is 24.5. The molecule has 31 heavy (non-hydrogen) atoms. The van der Waals surface area contributed by atoms with E-state index in [-0.39, 0.29) is 5.91 Å². The summed E-state index contributed by atoms with van der Waals surface area (Å²) in [5.41, 5.74) is 1.73. The first-order chi connectivity index (χ1) is 14.5. The van der Waals surface area contributed by atoms with Gasteiger partial charge in [-0.15, -0.1) is 0 Å². The lowest BCUT2D eigenvalue weighted by atomic mass is 10.1. The van der Waals surface area contributed by atoms with Gasteiger partial charge in [0.05, 0.1) is 6.04 Å². The smallest absolute Gasteiger partial charge is 0.408 e. The Hall–Kier alpha value is -2.80. The number of aromatic nitrogens is 1. The van der Waals surface area contributed by atoms with Crippen LogP contribution in [0.3, 0.4) is 0 Å². The van der Waals surface area contributed by atoms with E-state index in [1.807, 2.05) is 44.2 Å². The number of nitrogens with zero attached hydrogens (tertiary/aromatic N) is 1. The minimum absolute atomic E-state index is 0.308. The molecule has 2 N–H and O–H groups in total. The second kappa shape index (κ2) is 10.5. The fraction of sp³-hybridized carbons (Fsp3) is 0.435. The van der Waals surface area contributed by atoms with Gasteiger partial charge in [-0.25, -0.2) is 9.78 Å². The van der Waals surface area contributed by atoms with Crippen LogP contribution in [0.4, 0.5) is 4.79 Å². The highest BCUT2D eigenvalue weighted by Gasteiger charge is 2.24. The zero-order valence-electron chi connectivity index (χ0n) is 18.8. The summed E-state index contributed by atoms with van der Waals surface area (Å²) in [6, 6.07) is 10.2. The Morgan fingerprint density at radius 2 is 1.77 bits per heavy atom. The molecular weight excluding hydrogens is 418 g/mol. The molecule has 0 radical (unpaired) electrons. The second-order valence-corrected chi connectivity index (χ2v) is 8.70. The number of alkyl carbamates (subject to hydrolysis) is 1. The molecule has 168 valence electrons. The third-order valence-electron chi connectivity index (χ3n) is 4.34. The van der Waals surface area contributed by atoms with E-state index in [0.717, 1.165) is 11.1 Å². The number of nitrogens with one attached hydrogen (secondary N) is 2. The van der Waals surface area contributed by atoms with Gasteiger partial charge in [-0.1, -0.05) is 41.9 Å². The summed E-state index contributed by atoms with van der Waals surface area (Å²) in [7, 11) is 0. The summed E-state index contributed by atoms with van der Waals surface area (Å²) < 4.78 is 11.2. The van der Waals surface area contributed by atoms with Gasteiger partial charge in [-0.05, 0) is 47.1 Å². The van der Waals surface area contributed by atoms with Gasteiger partial charge >= 0.3 is 6.09 Å². The minimum Gasteiger partial charge on any atom is -0.488 e. The van der Waals surface area contributed by atoms with Crippen LogP contribution in [-0.2, 0) is 16.1 Å². The zero-order chi connectivity index (χ0) is 23.2. The molecule has 1 aromatic heterocycles. The largest absolute Gasteiger partial charge is 0.488 e. The molecule has 0 spiro atoms. The first-order valence-corrected chi connectivity index (χ1v) is 10.5. The molecule has 0 aliphatic rings. The second-order valence-electron chi connectivity index (χ2n) is 8.31. The van der Waals surface area contributed by atoms with Crippen LogP contribution in [0, 0.1) is 6.92 Å². The lowest BCUT2D eigenvalue weighted by molar-refractivity contribution is -0.123. The van der Waals surface area contributed by atoms with E-state index < -0.39 is 23.8 Å². The van der Waals surface area contributed by atoms with Crippen molar-refractivity contribution < 1.29 is 19.1 Å². The number of benzene rings is 1. The number of aryl methyl sites for hydroxylation is 1. The molecule has 2 atom stereocenters. The molecule has 0 fully saturated rings. The van der Waals surface area contributed by atoms with E-state index in [0.29, 0.717) is 23.2 Å². The molecular formula is C23H30ClN3O4. The van der Waals surface area contributed by atoms with Gasteiger partial charge in [0.25, 0.3) is 0 Å². The molecule has 2 aromatic rings. The lowest BCUT2D eigenvalue weighted by Gasteiger charge is -2.24. The molecule has 0 bridgehead atoms. The third kappa shape index (κ3) is 7.75. The number of hydrogen-bond acceptors (Lipinski definition) is 5. The molecule has 1 heterocycles. The van der Waals surface area contributed by atoms with Gasteiger partial charge in [0.15, 0.2) is 0 Å². The van der Waals surface area contributed by atoms with Crippen LogP contribution in [0.2, 0.25) is 5.15 Å². The SMILES string of the molecule is Cc1nc(Cl)cc(OCc2ccccc2)c1C(C)NC(=O)[C@H](C)NC(=O)OC(C)(C)C. The summed E-state index contributed by atoms with van der Waals surface area (Å²) >= 11 is 6.13. The van der Waals surface area contributed by atoms with E-state index in [1.165, 1.54) is 0 Å². The quantitative estimate of drug-likeness (QED) is 0.600. The molecule has 1 aromatic carbocycles. The zero-order valence-corrected chi connectivity index (χ0v) is 19.5. The van der Waals surface area contributed by atoms with Gasteiger partial charge < -0.3 is 20.1 Å². The summed E-state index contributed by atoms with van der Waals surface area (Å²) in [5.74, 6) is 0.184. The average Bonchev–Trinajstić information content (AvgIpc) is 2.64. The molecule has 0 aliphatic carbocycles. The van der Waals surface area contributed by atoms with Crippen LogP contribution in [0.15, 0.2) is 36.4 Å². The number of amides is 2. The number of rotatable bonds is 7. The van der Waals surface area contributed by atoms with Crippen molar-refractivity contribution in [3.8, 4) is 5.75 Å². The predicted molar refractivity (Wildman–Crippen MR) is 120 cm³/mol. The normalized spacial score (nSPS) is 13.1. The monoisotopic (exact) mass is 447 g/mol. The maximum Gasteiger partial charge on any atom is 0.408 e. The van der Waals surface area contributed by atoms with E-state index in [4.69, 9.17) is 21.1 Å². The number of hydrogen-bond donors (Lipinski definition) is 2. The molecule has 8 heteroatoms. The van der Waals surface area contributed by atoms with Crippen molar-refractivity contribution in [3.63, 3.8) is 0 Å². The molecule has 0 saturated heterocycles. The number of pyridine rings is 1. The van der Waals surface area contributed by atoms with E-state index in [2.05, 4.69) is 15.6 Å². The maximum absolute atomic E-state index is 12.6. The predicted octanol–water partition coefficient (Wildman–Crippen LogP) is 4.71. The lowest BCUT2D eigenvalue weighted by Crippen LogP contribution is -2.47. The standard InChI is InChI=1S/C23H30ClN3O4/c1-14-20(15(2)26-21(28)16(3)27-22(29)31-23(4,5)6)18(12-19(24)25-14)30-13-17-10-8-7-9-11-17/h7-12,15-16H,13H2,1-6H3,(H,26,28)(H,27,29)/t15?,16-/m0/s1. The summed E-state index contributed by atoms with van der Waals surface area (Å²) in [6.45, 7) is 10.8. The number of halogens is 1. The Bertz CT molecular complexity index is 913. The van der Waals surface area contributed by atoms with Gasteiger partial charge in [-0.2, -0.15) is 0 Å². The van der Waals surface area contributed by atoms with Crippen molar-refractivity contribution in [2.75, 3.05) is 0 Å². The summed E-state index contributed by atoms with van der Waals surface area (Å²) in [4.78, 5) is 28.9. The Morgan fingerprint density at radius 1 is 1.13 bits per heavy atom. The van der Waals surface area contributed by atoms with Gasteiger partial charge in [0.1, 0.15) is 29.2 Å². The van der Waals surface area contributed by atoms with Crippen molar-refractivity contribution in [3.05, 3.63) is 58.4 Å².